The van der Waals surface area contributed by atoms with E-state index in [4.69, 9.17) is 9.68 Å². The summed E-state index contributed by atoms with van der Waals surface area (Å²) in [6.07, 6.45) is -0.500. The Morgan fingerprint density at radius 3 is 1.48 bits per heavy atom. The topological polar surface area (TPSA) is 76.7 Å². The molecule has 0 saturated carbocycles. The molecule has 0 radical (unpaired) electrons. The van der Waals surface area contributed by atoms with Crippen LogP contribution in [-0.2, 0) is 19.3 Å². The van der Waals surface area contributed by atoms with Crippen molar-refractivity contribution in [3.05, 3.63) is 60.7 Å². The molecule has 0 aliphatic rings. The molecule has 0 amide bonds. The lowest BCUT2D eigenvalue weighted by atomic mass is 10.3. The Kier molecular flexibility index (Phi) is 5.17. The second-order valence-electron chi connectivity index (χ2n) is 4.06. The van der Waals surface area contributed by atoms with Crippen molar-refractivity contribution in [3.63, 3.8) is 0 Å². The predicted octanol–water partition coefficient (Wildman–Crippen LogP) is 2.52. The molecular formula is C15H14N2O4. The Balaban J connectivity index is 1.69. The molecule has 2 aromatic carbocycles. The molecule has 21 heavy (non-hydrogen) atoms. The smallest absolute Gasteiger partial charge is 0.343 e. The maximum absolute atomic E-state index is 11.4. The van der Waals surface area contributed by atoms with Crippen molar-refractivity contribution in [3.8, 4) is 0 Å². The Morgan fingerprint density at radius 2 is 1.10 bits per heavy atom. The van der Waals surface area contributed by atoms with Gasteiger partial charge in [-0.2, -0.15) is 0 Å². The average Bonchev–Trinajstić information content (AvgIpc) is 2.53. The third-order valence-corrected chi connectivity index (χ3v) is 2.40. The van der Waals surface area contributed by atoms with E-state index in [1.54, 1.807) is 48.5 Å². The first-order chi connectivity index (χ1) is 10.2. The van der Waals surface area contributed by atoms with Crippen molar-refractivity contribution < 1.29 is 19.3 Å². The summed E-state index contributed by atoms with van der Waals surface area (Å²) >= 11 is 0. The fraction of sp³-hybridized carbons (Fsp3) is 0.0667. The monoisotopic (exact) mass is 286 g/mol. The fourth-order valence-corrected chi connectivity index (χ4v) is 1.43. The zero-order valence-electron chi connectivity index (χ0n) is 11.1. The quantitative estimate of drug-likeness (QED) is 0.627. The number of hydrogen-bond acceptors (Lipinski definition) is 6. The van der Waals surface area contributed by atoms with Gasteiger partial charge in [0, 0.05) is 0 Å². The summed E-state index contributed by atoms with van der Waals surface area (Å²) < 4.78 is 0. The zero-order chi connectivity index (χ0) is 14.9. The van der Waals surface area contributed by atoms with Crippen LogP contribution in [0.15, 0.2) is 60.7 Å². The molecule has 2 aromatic rings. The highest BCUT2D eigenvalue weighted by Gasteiger charge is 2.13. The third kappa shape index (κ3) is 5.23. The molecule has 0 heterocycles. The molecule has 108 valence electrons. The minimum Gasteiger partial charge on any atom is -0.343 e. The van der Waals surface area contributed by atoms with Gasteiger partial charge < -0.3 is 9.68 Å². The highest BCUT2D eigenvalue weighted by Crippen LogP contribution is 2.06. The van der Waals surface area contributed by atoms with Gasteiger partial charge >= 0.3 is 11.9 Å². The van der Waals surface area contributed by atoms with Crippen LogP contribution in [0, 0.1) is 0 Å². The molecule has 0 fully saturated rings. The molecule has 0 aliphatic carbocycles. The van der Waals surface area contributed by atoms with E-state index in [2.05, 4.69) is 11.0 Å². The number of nitrogens with one attached hydrogen (secondary N) is 2. The first-order valence-corrected chi connectivity index (χ1v) is 6.25. The Hall–Kier alpha value is -3.02. The average molecular weight is 286 g/mol. The van der Waals surface area contributed by atoms with Gasteiger partial charge in [-0.1, -0.05) is 36.4 Å². The molecule has 0 spiro atoms. The standard InChI is InChI=1S/C15H14N2O4/c18-14(20-16-12-7-3-1-4-8-12)11-15(19)21-17-13-9-5-2-6-10-13/h1-10,16-17H,11H2. The van der Waals surface area contributed by atoms with Gasteiger partial charge in [0.2, 0.25) is 0 Å². The van der Waals surface area contributed by atoms with E-state index in [-0.39, 0.29) is 0 Å². The summed E-state index contributed by atoms with van der Waals surface area (Å²) in [7, 11) is 0. The number of benzene rings is 2. The van der Waals surface area contributed by atoms with E-state index < -0.39 is 18.4 Å². The summed E-state index contributed by atoms with van der Waals surface area (Å²) in [6, 6.07) is 17.7. The predicted molar refractivity (Wildman–Crippen MR) is 76.9 cm³/mol. The van der Waals surface area contributed by atoms with Gasteiger partial charge in [0.25, 0.3) is 0 Å². The van der Waals surface area contributed by atoms with Gasteiger partial charge in [0.05, 0.1) is 11.4 Å². The Labute approximate surface area is 121 Å². The summed E-state index contributed by atoms with van der Waals surface area (Å²) in [4.78, 5) is 32.3. The molecule has 0 bridgehead atoms. The maximum Gasteiger partial charge on any atom is 0.343 e. The van der Waals surface area contributed by atoms with Crippen molar-refractivity contribution in [1.29, 1.82) is 0 Å². The number of para-hydroxylation sites is 2. The Morgan fingerprint density at radius 1 is 0.714 bits per heavy atom. The molecule has 0 atom stereocenters. The summed E-state index contributed by atoms with van der Waals surface area (Å²) in [5, 5.41) is 0. The SMILES string of the molecule is O=C(CC(=O)ONc1ccccc1)ONc1ccccc1. The largest absolute Gasteiger partial charge is 0.343 e. The van der Waals surface area contributed by atoms with Gasteiger partial charge in [-0.25, -0.2) is 20.5 Å². The summed E-state index contributed by atoms with van der Waals surface area (Å²) in [5.41, 5.74) is 6.12. The number of hydrogen-bond donors (Lipinski definition) is 2. The third-order valence-electron chi connectivity index (χ3n) is 2.40. The van der Waals surface area contributed by atoms with E-state index in [9.17, 15) is 9.59 Å². The van der Waals surface area contributed by atoms with Crippen LogP contribution in [0.25, 0.3) is 0 Å². The molecule has 0 unspecified atom stereocenters. The van der Waals surface area contributed by atoms with Crippen LogP contribution < -0.4 is 11.0 Å². The first-order valence-electron chi connectivity index (χ1n) is 6.25. The fourth-order valence-electron chi connectivity index (χ4n) is 1.43. The molecule has 2 N–H and O–H groups in total. The minimum absolute atomic E-state index is 0.500. The number of carbonyl (C=O) groups is 2. The van der Waals surface area contributed by atoms with E-state index in [1.807, 2.05) is 12.1 Å². The zero-order valence-corrected chi connectivity index (χ0v) is 11.1. The van der Waals surface area contributed by atoms with Crippen LogP contribution in [0.5, 0.6) is 0 Å². The lowest BCUT2D eigenvalue weighted by Crippen LogP contribution is -2.18. The highest BCUT2D eigenvalue weighted by molar-refractivity contribution is 5.91. The van der Waals surface area contributed by atoms with Crippen molar-refractivity contribution in [1.82, 2.24) is 0 Å². The minimum atomic E-state index is -0.737. The molecule has 6 nitrogen and oxygen atoms in total. The van der Waals surface area contributed by atoms with Crippen LogP contribution in [0.4, 0.5) is 11.4 Å². The second kappa shape index (κ2) is 7.54. The molecular weight excluding hydrogens is 272 g/mol. The van der Waals surface area contributed by atoms with Crippen LogP contribution in [0.2, 0.25) is 0 Å². The lowest BCUT2D eigenvalue weighted by Gasteiger charge is -2.07. The number of rotatable bonds is 6. The van der Waals surface area contributed by atoms with Gasteiger partial charge in [-0.05, 0) is 24.3 Å². The summed E-state index contributed by atoms with van der Waals surface area (Å²) in [5.74, 6) is -1.47. The van der Waals surface area contributed by atoms with Crippen LogP contribution in [0.1, 0.15) is 6.42 Å². The van der Waals surface area contributed by atoms with Crippen LogP contribution in [0.3, 0.4) is 0 Å². The van der Waals surface area contributed by atoms with E-state index in [0.29, 0.717) is 11.4 Å². The lowest BCUT2D eigenvalue weighted by molar-refractivity contribution is -0.151. The number of anilines is 2. The molecule has 0 aliphatic heterocycles. The molecule has 6 heteroatoms. The van der Waals surface area contributed by atoms with Crippen molar-refractivity contribution in [2.75, 3.05) is 11.0 Å². The molecule has 0 saturated heterocycles. The normalized spacial score (nSPS) is 9.52. The van der Waals surface area contributed by atoms with E-state index in [1.165, 1.54) is 0 Å². The molecule has 2 rings (SSSR count). The van der Waals surface area contributed by atoms with Crippen LogP contribution in [-0.4, -0.2) is 11.9 Å². The van der Waals surface area contributed by atoms with Gasteiger partial charge in [-0.3, -0.25) is 0 Å². The second-order valence-corrected chi connectivity index (χ2v) is 4.06. The Bertz CT molecular complexity index is 534. The van der Waals surface area contributed by atoms with Gasteiger partial charge in [0.1, 0.15) is 6.42 Å². The highest BCUT2D eigenvalue weighted by atomic mass is 16.7. The van der Waals surface area contributed by atoms with E-state index in [0.717, 1.165) is 0 Å². The number of carbonyl (C=O) groups excluding carboxylic acids is 2. The van der Waals surface area contributed by atoms with Crippen molar-refractivity contribution in [2.45, 2.75) is 6.42 Å². The van der Waals surface area contributed by atoms with Crippen molar-refractivity contribution >= 4 is 23.3 Å². The maximum atomic E-state index is 11.4. The molecule has 0 aromatic heterocycles. The first kappa shape index (κ1) is 14.4. The van der Waals surface area contributed by atoms with Crippen molar-refractivity contribution in [2.24, 2.45) is 0 Å². The van der Waals surface area contributed by atoms with E-state index >= 15 is 0 Å². The summed E-state index contributed by atoms with van der Waals surface area (Å²) in [6.45, 7) is 0. The van der Waals surface area contributed by atoms with Gasteiger partial charge in [0.15, 0.2) is 0 Å². The van der Waals surface area contributed by atoms with Gasteiger partial charge in [-0.15, -0.1) is 0 Å². The van der Waals surface area contributed by atoms with Crippen LogP contribution >= 0.6 is 0 Å².